The first-order valence-electron chi connectivity index (χ1n) is 6.28. The number of H-pyrrole nitrogens is 1. The zero-order chi connectivity index (χ0) is 15.4. The lowest BCUT2D eigenvalue weighted by molar-refractivity contribution is -0.139. The third-order valence-corrected chi connectivity index (χ3v) is 3.13. The molecule has 1 heterocycles. The number of amides is 1. The van der Waals surface area contributed by atoms with E-state index in [4.69, 9.17) is 0 Å². The molecule has 0 unspecified atom stereocenters. The van der Waals surface area contributed by atoms with Crippen LogP contribution in [0.15, 0.2) is 30.7 Å². The summed E-state index contributed by atoms with van der Waals surface area (Å²) in [5.41, 5.74) is 1.25. The standard InChI is InChI=1S/C14H15N3O4/c1-8-10(3-2-4-12(8)18)13(19)17-11(14(20)21)5-9-6-15-7-16-9/h2-4,6-7,11,18H,5H2,1H3,(H,15,16)(H,17,19)(H,20,21)/t11-/m1/s1. The number of nitrogens with one attached hydrogen (secondary N) is 2. The molecule has 1 atom stereocenters. The van der Waals surface area contributed by atoms with Gasteiger partial charge in [-0.2, -0.15) is 0 Å². The van der Waals surface area contributed by atoms with E-state index in [9.17, 15) is 19.8 Å². The number of phenols is 1. The number of rotatable bonds is 5. The molecule has 110 valence electrons. The number of aromatic nitrogens is 2. The molecule has 0 spiro atoms. The fourth-order valence-corrected chi connectivity index (χ4v) is 1.92. The molecule has 21 heavy (non-hydrogen) atoms. The van der Waals surface area contributed by atoms with Gasteiger partial charge in [-0.15, -0.1) is 0 Å². The minimum atomic E-state index is -1.14. The van der Waals surface area contributed by atoms with Gasteiger partial charge in [0.15, 0.2) is 0 Å². The van der Waals surface area contributed by atoms with Crippen LogP contribution in [0.2, 0.25) is 0 Å². The number of hydrogen-bond donors (Lipinski definition) is 4. The van der Waals surface area contributed by atoms with Crippen molar-refractivity contribution < 1.29 is 19.8 Å². The molecule has 0 aliphatic carbocycles. The van der Waals surface area contributed by atoms with Gasteiger partial charge in [-0.1, -0.05) is 6.07 Å². The first-order chi connectivity index (χ1) is 9.99. The van der Waals surface area contributed by atoms with E-state index in [0.717, 1.165) is 0 Å². The summed E-state index contributed by atoms with van der Waals surface area (Å²) in [7, 11) is 0. The lowest BCUT2D eigenvalue weighted by Crippen LogP contribution is -2.42. The van der Waals surface area contributed by atoms with Gasteiger partial charge in [-0.25, -0.2) is 9.78 Å². The van der Waals surface area contributed by atoms with Crippen molar-refractivity contribution in [3.8, 4) is 5.75 Å². The fourth-order valence-electron chi connectivity index (χ4n) is 1.92. The largest absolute Gasteiger partial charge is 0.508 e. The zero-order valence-electron chi connectivity index (χ0n) is 11.3. The van der Waals surface area contributed by atoms with Crippen LogP contribution in [0.3, 0.4) is 0 Å². The number of carboxylic acids is 1. The second kappa shape index (κ2) is 6.08. The maximum Gasteiger partial charge on any atom is 0.326 e. The van der Waals surface area contributed by atoms with E-state index in [-0.39, 0.29) is 17.7 Å². The molecule has 4 N–H and O–H groups in total. The first kappa shape index (κ1) is 14.6. The number of imidazole rings is 1. The van der Waals surface area contributed by atoms with E-state index in [0.29, 0.717) is 11.3 Å². The highest BCUT2D eigenvalue weighted by atomic mass is 16.4. The molecule has 0 saturated heterocycles. The van der Waals surface area contributed by atoms with Crippen LogP contribution in [0.1, 0.15) is 21.6 Å². The highest BCUT2D eigenvalue weighted by Gasteiger charge is 2.22. The molecule has 0 aliphatic rings. The smallest absolute Gasteiger partial charge is 0.326 e. The molecule has 2 rings (SSSR count). The van der Waals surface area contributed by atoms with Gasteiger partial charge in [0.2, 0.25) is 0 Å². The first-order valence-corrected chi connectivity index (χ1v) is 6.28. The summed E-state index contributed by atoms with van der Waals surface area (Å²) in [5, 5.41) is 21.2. The number of carboxylic acid groups (broad SMARTS) is 1. The Hall–Kier alpha value is -2.83. The topological polar surface area (TPSA) is 115 Å². The van der Waals surface area contributed by atoms with Crippen molar-refractivity contribution in [1.82, 2.24) is 15.3 Å². The highest BCUT2D eigenvalue weighted by Crippen LogP contribution is 2.19. The molecular weight excluding hydrogens is 274 g/mol. The van der Waals surface area contributed by atoms with Gasteiger partial charge < -0.3 is 20.5 Å². The van der Waals surface area contributed by atoms with Crippen LogP contribution >= 0.6 is 0 Å². The average Bonchev–Trinajstić information content (AvgIpc) is 2.93. The van der Waals surface area contributed by atoms with Gasteiger partial charge >= 0.3 is 5.97 Å². The van der Waals surface area contributed by atoms with E-state index in [1.54, 1.807) is 6.92 Å². The third-order valence-electron chi connectivity index (χ3n) is 3.13. The van der Waals surface area contributed by atoms with Crippen molar-refractivity contribution >= 4 is 11.9 Å². The number of aliphatic carboxylic acids is 1. The molecule has 0 fully saturated rings. The summed E-state index contributed by atoms with van der Waals surface area (Å²) in [6.07, 6.45) is 3.04. The number of carbonyl (C=O) groups is 2. The van der Waals surface area contributed by atoms with Crippen molar-refractivity contribution in [3.05, 3.63) is 47.5 Å². The predicted octanol–water partition coefficient (Wildman–Crippen LogP) is 0.849. The molecule has 2 aromatic rings. The number of aromatic amines is 1. The summed E-state index contributed by atoms with van der Waals surface area (Å²) < 4.78 is 0. The van der Waals surface area contributed by atoms with E-state index in [1.165, 1.54) is 30.7 Å². The van der Waals surface area contributed by atoms with E-state index < -0.39 is 17.9 Å². The summed E-state index contributed by atoms with van der Waals surface area (Å²) in [5.74, 6) is -1.70. The number of benzene rings is 1. The summed E-state index contributed by atoms with van der Waals surface area (Å²) in [6, 6.07) is 3.44. The normalized spacial score (nSPS) is 11.9. The molecular formula is C14H15N3O4. The van der Waals surface area contributed by atoms with Crippen molar-refractivity contribution in [3.63, 3.8) is 0 Å². The molecule has 0 radical (unpaired) electrons. The van der Waals surface area contributed by atoms with E-state index >= 15 is 0 Å². The number of hydrogen-bond acceptors (Lipinski definition) is 4. The van der Waals surface area contributed by atoms with Crippen LogP contribution in [0.5, 0.6) is 5.75 Å². The average molecular weight is 289 g/mol. The zero-order valence-corrected chi connectivity index (χ0v) is 11.3. The number of phenolic OH excluding ortho intramolecular Hbond substituents is 1. The Balaban J connectivity index is 2.15. The number of nitrogens with zero attached hydrogens (tertiary/aromatic N) is 1. The summed E-state index contributed by atoms with van der Waals surface area (Å²) >= 11 is 0. The van der Waals surface area contributed by atoms with Gasteiger partial charge in [-0.05, 0) is 19.1 Å². The summed E-state index contributed by atoms with van der Waals surface area (Å²) in [6.45, 7) is 1.59. The molecule has 7 heteroatoms. The highest BCUT2D eigenvalue weighted by molar-refractivity contribution is 5.98. The monoisotopic (exact) mass is 289 g/mol. The molecule has 7 nitrogen and oxygen atoms in total. The Morgan fingerprint density at radius 1 is 1.43 bits per heavy atom. The third kappa shape index (κ3) is 3.38. The number of aromatic hydroxyl groups is 1. The van der Waals surface area contributed by atoms with Crippen LogP contribution in [0.4, 0.5) is 0 Å². The lowest BCUT2D eigenvalue weighted by atomic mass is 10.1. The molecule has 1 amide bonds. The molecule has 1 aromatic carbocycles. The second-order valence-electron chi connectivity index (χ2n) is 4.59. The maximum absolute atomic E-state index is 12.1. The summed E-state index contributed by atoms with van der Waals surface area (Å²) in [4.78, 5) is 30.0. The van der Waals surface area contributed by atoms with Gasteiger partial charge in [0.25, 0.3) is 5.91 Å². The SMILES string of the molecule is Cc1c(O)cccc1C(=O)N[C@H](Cc1cnc[nH]1)C(=O)O. The van der Waals surface area contributed by atoms with Crippen molar-refractivity contribution in [1.29, 1.82) is 0 Å². The van der Waals surface area contributed by atoms with Gasteiger partial charge in [0.05, 0.1) is 6.33 Å². The Morgan fingerprint density at radius 3 is 2.81 bits per heavy atom. The maximum atomic E-state index is 12.1. The van der Waals surface area contributed by atoms with Gasteiger partial charge in [-0.3, -0.25) is 4.79 Å². The lowest BCUT2D eigenvalue weighted by Gasteiger charge is -2.15. The second-order valence-corrected chi connectivity index (χ2v) is 4.59. The molecule has 0 bridgehead atoms. The van der Waals surface area contributed by atoms with Crippen molar-refractivity contribution in [2.24, 2.45) is 0 Å². The molecule has 0 saturated carbocycles. The molecule has 1 aromatic heterocycles. The minimum Gasteiger partial charge on any atom is -0.508 e. The van der Waals surface area contributed by atoms with Crippen LogP contribution in [-0.4, -0.2) is 38.1 Å². The van der Waals surface area contributed by atoms with E-state index in [1.807, 2.05) is 0 Å². The quantitative estimate of drug-likeness (QED) is 0.651. The van der Waals surface area contributed by atoms with E-state index in [2.05, 4.69) is 15.3 Å². The van der Waals surface area contributed by atoms with Crippen molar-refractivity contribution in [2.45, 2.75) is 19.4 Å². The van der Waals surface area contributed by atoms with Gasteiger partial charge in [0.1, 0.15) is 11.8 Å². The van der Waals surface area contributed by atoms with Gasteiger partial charge in [0, 0.05) is 29.4 Å². The Labute approximate surface area is 120 Å². The van der Waals surface area contributed by atoms with Crippen molar-refractivity contribution in [2.75, 3.05) is 0 Å². The Bertz CT molecular complexity index is 652. The van der Waals surface area contributed by atoms with Crippen LogP contribution in [0.25, 0.3) is 0 Å². The predicted molar refractivity (Wildman–Crippen MR) is 74.0 cm³/mol. The van der Waals surface area contributed by atoms with Crippen LogP contribution < -0.4 is 5.32 Å². The Kier molecular flexibility index (Phi) is 4.22. The fraction of sp³-hybridized carbons (Fsp3) is 0.214. The van der Waals surface area contributed by atoms with Crippen LogP contribution in [0, 0.1) is 6.92 Å². The minimum absolute atomic E-state index is 0.0110. The number of carbonyl (C=O) groups excluding carboxylic acids is 1. The molecule has 0 aliphatic heterocycles. The van der Waals surface area contributed by atoms with Crippen LogP contribution in [-0.2, 0) is 11.2 Å². The Morgan fingerprint density at radius 2 is 2.19 bits per heavy atom.